The van der Waals surface area contributed by atoms with Crippen LogP contribution in [0.1, 0.15) is 15.9 Å². The zero-order valence-electron chi connectivity index (χ0n) is 14.4. The summed E-state index contributed by atoms with van der Waals surface area (Å²) >= 11 is 5.68. The van der Waals surface area contributed by atoms with Gasteiger partial charge in [-0.25, -0.2) is 4.39 Å². The van der Waals surface area contributed by atoms with Gasteiger partial charge in [0.15, 0.2) is 10.7 Å². The van der Waals surface area contributed by atoms with Crippen LogP contribution in [0.4, 0.5) is 10.1 Å². The Balaban J connectivity index is 1.85. The number of rotatable bonds is 6. The first-order chi connectivity index (χ1) is 13.7. The third kappa shape index (κ3) is 4.58. The van der Waals surface area contributed by atoms with Gasteiger partial charge in [0.05, 0.1) is 4.92 Å². The first-order valence-corrected chi connectivity index (χ1v) is 9.75. The van der Waals surface area contributed by atoms with E-state index in [0.29, 0.717) is 0 Å². The molecule has 0 saturated heterocycles. The maximum Gasteiger partial charge on any atom is 0.346 e. The Labute approximate surface area is 169 Å². The fraction of sp³-hybridized carbons (Fsp3) is 0. The van der Waals surface area contributed by atoms with E-state index < -0.39 is 37.2 Å². The lowest BCUT2D eigenvalue weighted by molar-refractivity contribution is -0.387. The molecule has 3 rings (SSSR count). The second kappa shape index (κ2) is 7.98. The van der Waals surface area contributed by atoms with E-state index in [2.05, 4.69) is 0 Å². The van der Waals surface area contributed by atoms with E-state index in [4.69, 9.17) is 15.8 Å². The van der Waals surface area contributed by atoms with Gasteiger partial charge in [-0.15, -0.1) is 0 Å². The van der Waals surface area contributed by atoms with Gasteiger partial charge in [-0.2, -0.15) is 8.42 Å². The second-order valence-electron chi connectivity index (χ2n) is 5.77. The summed E-state index contributed by atoms with van der Waals surface area (Å²) in [6.45, 7) is 0. The number of benzene rings is 3. The maximum atomic E-state index is 13.0. The maximum absolute atomic E-state index is 13.0. The van der Waals surface area contributed by atoms with Crippen molar-refractivity contribution >= 4 is 33.2 Å². The van der Waals surface area contributed by atoms with Gasteiger partial charge in [-0.3, -0.25) is 14.9 Å². The highest BCUT2D eigenvalue weighted by Crippen LogP contribution is 2.29. The van der Waals surface area contributed by atoms with E-state index in [9.17, 15) is 27.7 Å². The van der Waals surface area contributed by atoms with Gasteiger partial charge in [0.1, 0.15) is 11.6 Å². The molecule has 0 saturated carbocycles. The molecule has 0 aliphatic carbocycles. The SMILES string of the molecule is O=C(c1ccc(F)cc1)c1ccc(OS(=O)(=O)c2ccc(Cl)cc2[N+](=O)[O-])cc1. The first-order valence-electron chi connectivity index (χ1n) is 7.96. The highest BCUT2D eigenvalue weighted by atomic mass is 35.5. The Morgan fingerprint density at radius 2 is 1.52 bits per heavy atom. The number of nitro groups is 1. The first kappa shape index (κ1) is 20.4. The number of nitrogens with zero attached hydrogens (tertiary/aromatic N) is 1. The lowest BCUT2D eigenvalue weighted by Gasteiger charge is -2.08. The van der Waals surface area contributed by atoms with E-state index >= 15 is 0 Å². The van der Waals surface area contributed by atoms with Crippen molar-refractivity contribution in [2.24, 2.45) is 0 Å². The molecule has 0 bridgehead atoms. The quantitative estimate of drug-likeness (QED) is 0.246. The molecule has 10 heteroatoms. The number of nitro benzene ring substituents is 1. The molecule has 0 amide bonds. The molecule has 0 heterocycles. The van der Waals surface area contributed by atoms with Crippen LogP contribution in [0.5, 0.6) is 5.75 Å². The predicted octanol–water partition coefficient (Wildman–Crippen LogP) is 4.39. The van der Waals surface area contributed by atoms with Gasteiger partial charge in [-0.1, -0.05) is 11.6 Å². The number of ketones is 1. The number of hydrogen-bond donors (Lipinski definition) is 0. The summed E-state index contributed by atoms with van der Waals surface area (Å²) in [7, 11) is -4.52. The van der Waals surface area contributed by atoms with Gasteiger partial charge < -0.3 is 4.18 Å². The van der Waals surface area contributed by atoms with Crippen LogP contribution >= 0.6 is 11.6 Å². The average molecular weight is 436 g/mol. The normalized spacial score (nSPS) is 11.1. The molecule has 0 aromatic heterocycles. The third-order valence-electron chi connectivity index (χ3n) is 3.82. The van der Waals surface area contributed by atoms with Gasteiger partial charge in [0.25, 0.3) is 5.69 Å². The zero-order chi connectivity index (χ0) is 21.2. The molecule has 7 nitrogen and oxygen atoms in total. The summed E-state index contributed by atoms with van der Waals surface area (Å²) in [5.74, 6) is -1.02. The Hall–Kier alpha value is -3.30. The molecule has 0 fully saturated rings. The van der Waals surface area contributed by atoms with Gasteiger partial charge >= 0.3 is 10.1 Å². The molecule has 0 aliphatic rings. The molecule has 148 valence electrons. The van der Waals surface area contributed by atoms with Crippen molar-refractivity contribution in [1.29, 1.82) is 0 Å². The number of carbonyl (C=O) groups excluding carboxylic acids is 1. The van der Waals surface area contributed by atoms with Crippen molar-refractivity contribution in [3.63, 3.8) is 0 Å². The minimum Gasteiger partial charge on any atom is -0.379 e. The van der Waals surface area contributed by atoms with Crippen molar-refractivity contribution in [2.75, 3.05) is 0 Å². The van der Waals surface area contributed by atoms with Crippen LogP contribution in [-0.2, 0) is 10.1 Å². The number of hydrogen-bond acceptors (Lipinski definition) is 6. The minimum atomic E-state index is -4.52. The summed E-state index contributed by atoms with van der Waals surface area (Å²) in [4.78, 5) is 21.9. The smallest absolute Gasteiger partial charge is 0.346 e. The fourth-order valence-electron chi connectivity index (χ4n) is 2.45. The van der Waals surface area contributed by atoms with E-state index in [1.165, 1.54) is 42.5 Å². The van der Waals surface area contributed by atoms with Crippen LogP contribution in [0.15, 0.2) is 71.6 Å². The molecule has 29 heavy (non-hydrogen) atoms. The van der Waals surface area contributed by atoms with Gasteiger partial charge in [0, 0.05) is 22.2 Å². The molecular formula is C19H11ClFNO6S. The zero-order valence-corrected chi connectivity index (χ0v) is 16.0. The standard InChI is InChI=1S/C19H11ClFNO6S/c20-14-5-10-18(17(11-14)22(24)25)29(26,27)28-16-8-3-13(4-9-16)19(23)12-1-6-15(21)7-2-12/h1-11H. The number of halogens is 2. The third-order valence-corrected chi connectivity index (χ3v) is 5.35. The molecule has 0 atom stereocenters. The lowest BCUT2D eigenvalue weighted by atomic mass is 10.0. The number of carbonyl (C=O) groups is 1. The van der Waals surface area contributed by atoms with Crippen LogP contribution in [0.3, 0.4) is 0 Å². The van der Waals surface area contributed by atoms with E-state index in [1.54, 1.807) is 0 Å². The molecule has 0 spiro atoms. The molecule has 0 N–H and O–H groups in total. The van der Waals surface area contributed by atoms with Crippen LogP contribution in [0.25, 0.3) is 0 Å². The minimum absolute atomic E-state index is 0.000640. The lowest BCUT2D eigenvalue weighted by Crippen LogP contribution is -2.12. The Morgan fingerprint density at radius 3 is 2.07 bits per heavy atom. The van der Waals surface area contributed by atoms with Crippen molar-refractivity contribution in [3.8, 4) is 5.75 Å². The van der Waals surface area contributed by atoms with E-state index in [0.717, 1.165) is 24.3 Å². The van der Waals surface area contributed by atoms with Crippen LogP contribution in [0.2, 0.25) is 5.02 Å². The summed E-state index contributed by atoms with van der Waals surface area (Å²) in [5, 5.41) is 11.1. The summed E-state index contributed by atoms with van der Waals surface area (Å²) < 4.78 is 42.8. The predicted molar refractivity (Wildman–Crippen MR) is 102 cm³/mol. The molecule has 3 aromatic carbocycles. The fourth-order valence-corrected chi connectivity index (χ4v) is 3.69. The van der Waals surface area contributed by atoms with E-state index in [-0.39, 0.29) is 21.9 Å². The summed E-state index contributed by atoms with van der Waals surface area (Å²) in [6, 6.07) is 13.1. The second-order valence-corrected chi connectivity index (χ2v) is 7.72. The van der Waals surface area contributed by atoms with Crippen LogP contribution in [-0.4, -0.2) is 19.1 Å². The van der Waals surface area contributed by atoms with Gasteiger partial charge in [-0.05, 0) is 60.7 Å². The van der Waals surface area contributed by atoms with Crippen LogP contribution < -0.4 is 4.18 Å². The largest absolute Gasteiger partial charge is 0.379 e. The molecule has 0 aliphatic heterocycles. The topological polar surface area (TPSA) is 104 Å². The van der Waals surface area contributed by atoms with Crippen molar-refractivity contribution < 1.29 is 26.7 Å². The Bertz CT molecular complexity index is 1190. The highest BCUT2D eigenvalue weighted by Gasteiger charge is 2.28. The summed E-state index contributed by atoms with van der Waals surface area (Å²) in [6.07, 6.45) is 0. The highest BCUT2D eigenvalue weighted by molar-refractivity contribution is 7.87. The Kier molecular flexibility index (Phi) is 5.62. The van der Waals surface area contributed by atoms with Gasteiger partial charge in [0.2, 0.25) is 0 Å². The molecule has 0 radical (unpaired) electrons. The summed E-state index contributed by atoms with van der Waals surface area (Å²) in [5.41, 5.74) is -0.246. The van der Waals surface area contributed by atoms with Crippen LogP contribution in [0, 0.1) is 15.9 Å². The molecule has 0 unspecified atom stereocenters. The Morgan fingerprint density at radius 1 is 0.966 bits per heavy atom. The van der Waals surface area contributed by atoms with Crippen molar-refractivity contribution in [1.82, 2.24) is 0 Å². The average Bonchev–Trinajstić information content (AvgIpc) is 2.68. The van der Waals surface area contributed by atoms with Crippen molar-refractivity contribution in [2.45, 2.75) is 4.90 Å². The van der Waals surface area contributed by atoms with E-state index in [1.807, 2.05) is 0 Å². The molecular weight excluding hydrogens is 425 g/mol. The molecule has 3 aromatic rings. The van der Waals surface area contributed by atoms with Crippen molar-refractivity contribution in [3.05, 3.63) is 98.8 Å². The monoisotopic (exact) mass is 435 g/mol.